The second-order valence-electron chi connectivity index (χ2n) is 6.42. The number of rotatable bonds is 5. The molecule has 0 saturated carbocycles. The van der Waals surface area contributed by atoms with Crippen molar-refractivity contribution in [2.24, 2.45) is 0 Å². The highest BCUT2D eigenvalue weighted by Gasteiger charge is 2.23. The normalized spacial score (nSPS) is 13.8. The van der Waals surface area contributed by atoms with Crippen LogP contribution in [0, 0.1) is 0 Å². The molecular formula is C19H20N4O4. The van der Waals surface area contributed by atoms with Gasteiger partial charge in [0.1, 0.15) is 17.3 Å². The van der Waals surface area contributed by atoms with E-state index in [1.165, 1.54) is 0 Å². The van der Waals surface area contributed by atoms with Crippen molar-refractivity contribution in [3.63, 3.8) is 0 Å². The summed E-state index contributed by atoms with van der Waals surface area (Å²) in [6.07, 6.45) is 1.62. The Morgan fingerprint density at radius 2 is 1.96 bits per heavy atom. The molecule has 4 rings (SSSR count). The zero-order valence-corrected chi connectivity index (χ0v) is 14.9. The molecule has 0 bridgehead atoms. The number of anilines is 1. The molecule has 2 N–H and O–H groups in total. The fourth-order valence-corrected chi connectivity index (χ4v) is 3.23. The number of hydrogen-bond acceptors (Lipinski definition) is 6. The number of hydrogen-bond donors (Lipinski definition) is 2. The summed E-state index contributed by atoms with van der Waals surface area (Å²) in [5.41, 5.74) is 0.687. The number of fused-ring (bicyclic) bond motifs is 1. The summed E-state index contributed by atoms with van der Waals surface area (Å²) in [6, 6.07) is 11.2. The fourth-order valence-electron chi connectivity index (χ4n) is 3.23. The van der Waals surface area contributed by atoms with E-state index in [9.17, 15) is 9.59 Å². The van der Waals surface area contributed by atoms with Crippen molar-refractivity contribution >= 4 is 5.82 Å². The molecule has 0 aliphatic carbocycles. The van der Waals surface area contributed by atoms with Crippen molar-refractivity contribution in [1.29, 1.82) is 0 Å². The molecule has 140 valence electrons. The Hall–Kier alpha value is -3.26. The molecule has 0 atom stereocenters. The van der Waals surface area contributed by atoms with Crippen LogP contribution in [0.3, 0.4) is 0 Å². The summed E-state index contributed by atoms with van der Waals surface area (Å²) in [5.74, 6) is 2.14. The van der Waals surface area contributed by atoms with Crippen LogP contribution in [0.25, 0.3) is 0 Å². The number of aromatic amines is 1. The highest BCUT2D eigenvalue weighted by molar-refractivity contribution is 5.46. The first kappa shape index (κ1) is 17.2. The molecule has 3 heterocycles. The first-order valence-corrected chi connectivity index (χ1v) is 8.61. The largest absolute Gasteiger partial charge is 0.497 e. The maximum atomic E-state index is 12.4. The van der Waals surface area contributed by atoms with E-state index in [2.05, 4.69) is 10.3 Å². The lowest BCUT2D eigenvalue weighted by molar-refractivity contribution is 0.240. The smallest absolute Gasteiger partial charge is 0.330 e. The Bertz CT molecular complexity index is 1040. The number of nitrogens with zero attached hydrogens (tertiary/aromatic N) is 2. The molecule has 1 aliphatic rings. The number of nitrogens with one attached hydrogen (secondary N) is 2. The Labute approximate surface area is 155 Å². The van der Waals surface area contributed by atoms with Gasteiger partial charge in [-0.1, -0.05) is 12.1 Å². The average Bonchev–Trinajstić information content (AvgIpc) is 3.19. The minimum absolute atomic E-state index is 0.354. The van der Waals surface area contributed by atoms with Gasteiger partial charge in [-0.3, -0.25) is 19.2 Å². The van der Waals surface area contributed by atoms with E-state index < -0.39 is 5.69 Å². The number of H-pyrrole nitrogens is 1. The SMILES string of the molecule is COc1ccc(Cn2c3c(c(=O)[nH]c2=O)CN(Cc2ccco2)CN3)cc1. The van der Waals surface area contributed by atoms with Crippen molar-refractivity contribution in [1.82, 2.24) is 14.5 Å². The second kappa shape index (κ2) is 7.16. The van der Waals surface area contributed by atoms with Crippen LogP contribution in [-0.2, 0) is 19.6 Å². The first-order chi connectivity index (χ1) is 13.1. The molecule has 8 nitrogen and oxygen atoms in total. The molecule has 3 aromatic rings. The molecule has 0 amide bonds. The number of benzene rings is 1. The van der Waals surface area contributed by atoms with Crippen LogP contribution in [0.2, 0.25) is 0 Å². The van der Waals surface area contributed by atoms with Crippen LogP contribution in [-0.4, -0.2) is 28.2 Å². The summed E-state index contributed by atoms with van der Waals surface area (Å²) in [6.45, 7) is 1.88. The second-order valence-corrected chi connectivity index (χ2v) is 6.42. The van der Waals surface area contributed by atoms with E-state index in [0.29, 0.717) is 37.7 Å². The summed E-state index contributed by atoms with van der Waals surface area (Å²) in [7, 11) is 1.61. The van der Waals surface area contributed by atoms with Crippen molar-refractivity contribution in [3.05, 3.63) is 80.4 Å². The first-order valence-electron chi connectivity index (χ1n) is 8.61. The van der Waals surface area contributed by atoms with E-state index in [1.807, 2.05) is 41.3 Å². The van der Waals surface area contributed by atoms with Gasteiger partial charge in [0.25, 0.3) is 5.56 Å². The van der Waals surface area contributed by atoms with Crippen molar-refractivity contribution in [2.45, 2.75) is 19.6 Å². The Balaban J connectivity index is 1.62. The van der Waals surface area contributed by atoms with Crippen molar-refractivity contribution in [2.75, 3.05) is 19.1 Å². The molecule has 0 radical (unpaired) electrons. The maximum Gasteiger partial charge on any atom is 0.330 e. The van der Waals surface area contributed by atoms with Gasteiger partial charge in [-0.2, -0.15) is 0 Å². The predicted octanol–water partition coefficient (Wildman–Crippen LogP) is 1.57. The van der Waals surface area contributed by atoms with Gasteiger partial charge in [0.2, 0.25) is 0 Å². The number of ether oxygens (including phenoxy) is 1. The number of aromatic nitrogens is 2. The lowest BCUT2D eigenvalue weighted by Gasteiger charge is -2.30. The van der Waals surface area contributed by atoms with Crippen LogP contribution in [0.5, 0.6) is 5.75 Å². The Morgan fingerprint density at radius 3 is 2.67 bits per heavy atom. The highest BCUT2D eigenvalue weighted by Crippen LogP contribution is 2.20. The van der Waals surface area contributed by atoms with Crippen LogP contribution in [0.15, 0.2) is 56.7 Å². The lowest BCUT2D eigenvalue weighted by atomic mass is 10.2. The monoisotopic (exact) mass is 368 g/mol. The molecule has 0 fully saturated rings. The fraction of sp³-hybridized carbons (Fsp3) is 0.263. The molecule has 0 unspecified atom stereocenters. The van der Waals surface area contributed by atoms with E-state index in [4.69, 9.17) is 9.15 Å². The van der Waals surface area contributed by atoms with Crippen LogP contribution >= 0.6 is 0 Å². The number of furan rings is 1. The molecule has 1 aliphatic heterocycles. The maximum absolute atomic E-state index is 12.4. The van der Waals surface area contributed by atoms with Crippen LogP contribution < -0.4 is 21.3 Å². The predicted molar refractivity (Wildman–Crippen MR) is 99.9 cm³/mol. The van der Waals surface area contributed by atoms with Gasteiger partial charge in [-0.05, 0) is 29.8 Å². The summed E-state index contributed by atoms with van der Waals surface area (Å²) >= 11 is 0. The number of methoxy groups -OCH3 is 1. The standard InChI is InChI=1S/C19H20N4O4/c1-26-14-6-4-13(5-7-14)9-23-17-16(18(24)21-19(23)25)11-22(12-20-17)10-15-3-2-8-27-15/h2-8,20H,9-12H2,1H3,(H,21,24,25). The van der Waals surface area contributed by atoms with Crippen LogP contribution in [0.1, 0.15) is 16.9 Å². The summed E-state index contributed by atoms with van der Waals surface area (Å²) in [5, 5.41) is 3.22. The topological polar surface area (TPSA) is 92.5 Å². The quantitative estimate of drug-likeness (QED) is 0.710. The summed E-state index contributed by atoms with van der Waals surface area (Å²) in [4.78, 5) is 29.2. The zero-order valence-electron chi connectivity index (χ0n) is 14.9. The van der Waals surface area contributed by atoms with Crippen molar-refractivity contribution in [3.8, 4) is 5.75 Å². The average molecular weight is 368 g/mol. The Kier molecular flexibility index (Phi) is 4.55. The molecule has 1 aromatic carbocycles. The van der Waals surface area contributed by atoms with Gasteiger partial charge < -0.3 is 14.5 Å². The Morgan fingerprint density at radius 1 is 1.15 bits per heavy atom. The summed E-state index contributed by atoms with van der Waals surface area (Å²) < 4.78 is 12.1. The van der Waals surface area contributed by atoms with E-state index in [-0.39, 0.29) is 5.56 Å². The van der Waals surface area contributed by atoms with Gasteiger partial charge >= 0.3 is 5.69 Å². The molecule has 27 heavy (non-hydrogen) atoms. The third-order valence-corrected chi connectivity index (χ3v) is 4.61. The minimum atomic E-state index is -0.429. The van der Waals surface area contributed by atoms with Gasteiger partial charge in [-0.15, -0.1) is 0 Å². The zero-order chi connectivity index (χ0) is 18.8. The van der Waals surface area contributed by atoms with Gasteiger partial charge in [0.15, 0.2) is 0 Å². The molecule has 0 saturated heterocycles. The molecule has 2 aromatic heterocycles. The highest BCUT2D eigenvalue weighted by atomic mass is 16.5. The van der Waals surface area contributed by atoms with E-state index in [1.54, 1.807) is 17.9 Å². The molecule has 0 spiro atoms. The molecular weight excluding hydrogens is 348 g/mol. The minimum Gasteiger partial charge on any atom is -0.497 e. The van der Waals surface area contributed by atoms with Gasteiger partial charge in [0.05, 0.1) is 38.7 Å². The van der Waals surface area contributed by atoms with E-state index >= 15 is 0 Å². The van der Waals surface area contributed by atoms with Crippen LogP contribution in [0.4, 0.5) is 5.82 Å². The van der Waals surface area contributed by atoms with Gasteiger partial charge in [-0.25, -0.2) is 4.79 Å². The lowest BCUT2D eigenvalue weighted by Crippen LogP contribution is -2.43. The van der Waals surface area contributed by atoms with E-state index in [0.717, 1.165) is 17.1 Å². The van der Waals surface area contributed by atoms with Gasteiger partial charge in [0, 0.05) is 6.54 Å². The third kappa shape index (κ3) is 3.52. The molecule has 8 heteroatoms. The van der Waals surface area contributed by atoms with Crippen molar-refractivity contribution < 1.29 is 9.15 Å². The third-order valence-electron chi connectivity index (χ3n) is 4.61.